The number of benzene rings is 1. The number of aromatic nitrogens is 1. The van der Waals surface area contributed by atoms with Gasteiger partial charge in [0.05, 0.1) is 6.04 Å². The zero-order valence-electron chi connectivity index (χ0n) is 11.3. The van der Waals surface area contributed by atoms with Gasteiger partial charge in [0, 0.05) is 56.1 Å². The standard InChI is InChI=1S/C16H17N3O/c20-16(15-11-18-5-7-19(15)8-6-18)14-10-17-9-12-3-1-2-4-13(12)14/h1-4,9-10,15H,5-8,11H2. The molecule has 1 aromatic heterocycles. The van der Waals surface area contributed by atoms with Gasteiger partial charge in [-0.1, -0.05) is 24.3 Å². The lowest BCUT2D eigenvalue weighted by molar-refractivity contribution is 0.0160. The Balaban J connectivity index is 1.74. The summed E-state index contributed by atoms with van der Waals surface area (Å²) in [6, 6.07) is 7.99. The van der Waals surface area contributed by atoms with Crippen molar-refractivity contribution >= 4 is 16.6 Å². The highest BCUT2D eigenvalue weighted by molar-refractivity contribution is 6.10. The molecule has 5 rings (SSSR count). The van der Waals surface area contributed by atoms with Gasteiger partial charge in [0.1, 0.15) is 0 Å². The molecule has 4 heterocycles. The van der Waals surface area contributed by atoms with Crippen molar-refractivity contribution in [1.82, 2.24) is 14.8 Å². The van der Waals surface area contributed by atoms with Crippen molar-refractivity contribution in [1.29, 1.82) is 0 Å². The largest absolute Gasteiger partial charge is 0.299 e. The number of rotatable bonds is 2. The first-order chi connectivity index (χ1) is 9.83. The van der Waals surface area contributed by atoms with Crippen molar-refractivity contribution < 1.29 is 4.79 Å². The molecule has 3 saturated heterocycles. The molecule has 3 aliphatic rings. The van der Waals surface area contributed by atoms with E-state index in [1.807, 2.05) is 30.5 Å². The average molecular weight is 267 g/mol. The van der Waals surface area contributed by atoms with Crippen molar-refractivity contribution in [2.45, 2.75) is 6.04 Å². The first-order valence-corrected chi connectivity index (χ1v) is 7.16. The first-order valence-electron chi connectivity index (χ1n) is 7.16. The van der Waals surface area contributed by atoms with E-state index in [9.17, 15) is 4.79 Å². The summed E-state index contributed by atoms with van der Waals surface area (Å²) in [5.74, 6) is 0.221. The summed E-state index contributed by atoms with van der Waals surface area (Å²) in [4.78, 5) is 21.8. The Morgan fingerprint density at radius 3 is 2.65 bits per heavy atom. The number of pyridine rings is 1. The lowest BCUT2D eigenvalue weighted by Gasteiger charge is -2.46. The minimum atomic E-state index is 0.00473. The van der Waals surface area contributed by atoms with Crippen molar-refractivity contribution in [3.05, 3.63) is 42.2 Å². The van der Waals surface area contributed by atoms with Crippen LogP contribution in [0.4, 0.5) is 0 Å². The SMILES string of the molecule is O=C(c1cncc2ccccc12)C1CN2CCN1CC2. The molecule has 0 radical (unpaired) electrons. The van der Waals surface area contributed by atoms with Crippen LogP contribution in [0, 0.1) is 0 Å². The second kappa shape index (κ2) is 4.65. The molecule has 0 spiro atoms. The van der Waals surface area contributed by atoms with Crippen molar-refractivity contribution in [3.8, 4) is 0 Å². The van der Waals surface area contributed by atoms with Gasteiger partial charge < -0.3 is 0 Å². The highest BCUT2D eigenvalue weighted by atomic mass is 16.1. The third-order valence-corrected chi connectivity index (χ3v) is 4.52. The summed E-state index contributed by atoms with van der Waals surface area (Å²) in [6.07, 6.45) is 3.55. The summed E-state index contributed by atoms with van der Waals surface area (Å²) >= 11 is 0. The van der Waals surface area contributed by atoms with Crippen LogP contribution in [0.2, 0.25) is 0 Å². The van der Waals surface area contributed by atoms with E-state index in [0.29, 0.717) is 0 Å². The Bertz CT molecular complexity index is 656. The lowest BCUT2D eigenvalue weighted by Crippen LogP contribution is -2.63. The molecule has 102 valence electrons. The topological polar surface area (TPSA) is 36.4 Å². The van der Waals surface area contributed by atoms with E-state index in [-0.39, 0.29) is 11.8 Å². The van der Waals surface area contributed by atoms with Gasteiger partial charge >= 0.3 is 0 Å². The Morgan fingerprint density at radius 2 is 1.90 bits per heavy atom. The quantitative estimate of drug-likeness (QED) is 0.771. The van der Waals surface area contributed by atoms with Gasteiger partial charge in [0.25, 0.3) is 0 Å². The van der Waals surface area contributed by atoms with Crippen LogP contribution in [0.15, 0.2) is 36.7 Å². The number of carbonyl (C=O) groups excluding carboxylic acids is 1. The molecular formula is C16H17N3O. The molecule has 2 aromatic rings. The summed E-state index contributed by atoms with van der Waals surface area (Å²) in [5, 5.41) is 2.06. The molecule has 3 aliphatic heterocycles. The van der Waals surface area contributed by atoms with Crippen LogP contribution in [0.25, 0.3) is 10.8 Å². The van der Waals surface area contributed by atoms with E-state index in [1.165, 1.54) is 0 Å². The zero-order chi connectivity index (χ0) is 13.5. The van der Waals surface area contributed by atoms with Crippen LogP contribution < -0.4 is 0 Å². The molecule has 1 atom stereocenters. The van der Waals surface area contributed by atoms with E-state index in [1.54, 1.807) is 6.20 Å². The molecule has 0 saturated carbocycles. The number of ketones is 1. The van der Waals surface area contributed by atoms with Crippen molar-refractivity contribution in [3.63, 3.8) is 0 Å². The molecule has 4 nitrogen and oxygen atoms in total. The van der Waals surface area contributed by atoms with Crippen LogP contribution >= 0.6 is 0 Å². The monoisotopic (exact) mass is 267 g/mol. The average Bonchev–Trinajstić information content (AvgIpc) is 2.54. The molecule has 4 heteroatoms. The molecule has 0 amide bonds. The summed E-state index contributed by atoms with van der Waals surface area (Å²) in [7, 11) is 0. The molecule has 0 aliphatic carbocycles. The smallest absolute Gasteiger partial charge is 0.183 e. The second-order valence-corrected chi connectivity index (χ2v) is 5.62. The van der Waals surface area contributed by atoms with Gasteiger partial charge in [-0.05, 0) is 5.39 Å². The lowest BCUT2D eigenvalue weighted by atomic mass is 9.96. The summed E-state index contributed by atoms with van der Waals surface area (Å²) in [5.41, 5.74) is 0.766. The normalized spacial score (nSPS) is 28.7. The third-order valence-electron chi connectivity index (χ3n) is 4.52. The molecule has 1 aromatic carbocycles. The minimum Gasteiger partial charge on any atom is -0.299 e. The number of Topliss-reactive ketones (excluding diaryl/α,β-unsaturated/α-hetero) is 1. The fourth-order valence-corrected chi connectivity index (χ4v) is 3.36. The van der Waals surface area contributed by atoms with Crippen molar-refractivity contribution in [2.24, 2.45) is 0 Å². The highest BCUT2D eigenvalue weighted by Gasteiger charge is 2.37. The van der Waals surface area contributed by atoms with E-state index < -0.39 is 0 Å². The number of hydrogen-bond donors (Lipinski definition) is 0. The number of carbonyl (C=O) groups is 1. The summed E-state index contributed by atoms with van der Waals surface area (Å²) < 4.78 is 0. The van der Waals surface area contributed by atoms with Gasteiger partial charge in [-0.2, -0.15) is 0 Å². The molecule has 20 heavy (non-hydrogen) atoms. The van der Waals surface area contributed by atoms with Gasteiger partial charge in [0.15, 0.2) is 5.78 Å². The third kappa shape index (κ3) is 1.84. The predicted octanol–water partition coefficient (Wildman–Crippen LogP) is 1.42. The van der Waals surface area contributed by atoms with Crippen molar-refractivity contribution in [2.75, 3.05) is 32.7 Å². The Hall–Kier alpha value is -1.78. The van der Waals surface area contributed by atoms with Gasteiger partial charge in [-0.15, -0.1) is 0 Å². The summed E-state index contributed by atoms with van der Waals surface area (Å²) in [6.45, 7) is 5.07. The number of fused-ring (bicyclic) bond motifs is 4. The van der Waals surface area contributed by atoms with Crippen LogP contribution in [0.1, 0.15) is 10.4 Å². The molecular weight excluding hydrogens is 250 g/mol. The minimum absolute atomic E-state index is 0.00473. The fraction of sp³-hybridized carbons (Fsp3) is 0.375. The Kier molecular flexibility index (Phi) is 2.79. The number of hydrogen-bond acceptors (Lipinski definition) is 4. The van der Waals surface area contributed by atoms with E-state index in [2.05, 4.69) is 14.8 Å². The van der Waals surface area contributed by atoms with Crippen LogP contribution in [-0.4, -0.2) is 59.3 Å². The van der Waals surface area contributed by atoms with Crippen LogP contribution in [0.5, 0.6) is 0 Å². The Labute approximate surface area is 118 Å². The maximum absolute atomic E-state index is 12.9. The number of piperazine rings is 3. The fourth-order valence-electron chi connectivity index (χ4n) is 3.36. The molecule has 1 unspecified atom stereocenters. The van der Waals surface area contributed by atoms with Crippen LogP contribution in [0.3, 0.4) is 0 Å². The first kappa shape index (κ1) is 12.0. The van der Waals surface area contributed by atoms with E-state index >= 15 is 0 Å². The Morgan fingerprint density at radius 1 is 1.10 bits per heavy atom. The maximum Gasteiger partial charge on any atom is 0.183 e. The van der Waals surface area contributed by atoms with Gasteiger partial charge in [-0.3, -0.25) is 19.6 Å². The van der Waals surface area contributed by atoms with Gasteiger partial charge in [-0.25, -0.2) is 0 Å². The maximum atomic E-state index is 12.9. The molecule has 2 bridgehead atoms. The second-order valence-electron chi connectivity index (χ2n) is 5.62. The zero-order valence-corrected chi connectivity index (χ0v) is 11.3. The van der Waals surface area contributed by atoms with Gasteiger partial charge in [0.2, 0.25) is 0 Å². The molecule has 0 N–H and O–H groups in total. The van der Waals surface area contributed by atoms with E-state index in [0.717, 1.165) is 49.1 Å². The number of nitrogens with zero attached hydrogens (tertiary/aromatic N) is 3. The van der Waals surface area contributed by atoms with Crippen LogP contribution in [-0.2, 0) is 0 Å². The highest BCUT2D eigenvalue weighted by Crippen LogP contribution is 2.23. The molecule has 3 fully saturated rings. The van der Waals surface area contributed by atoms with E-state index in [4.69, 9.17) is 0 Å². The predicted molar refractivity (Wildman–Crippen MR) is 77.9 cm³/mol.